The summed E-state index contributed by atoms with van der Waals surface area (Å²) in [6.07, 6.45) is 1.80. The second kappa shape index (κ2) is 12.6. The Balaban J connectivity index is 0.000000421. The summed E-state index contributed by atoms with van der Waals surface area (Å²) < 4.78 is 11.9. The van der Waals surface area contributed by atoms with Crippen LogP contribution in [-0.2, 0) is 0 Å². The molecule has 0 saturated carbocycles. The van der Waals surface area contributed by atoms with Crippen LogP contribution in [0.4, 0.5) is 5.69 Å². The third-order valence-electron chi connectivity index (χ3n) is 5.75. The van der Waals surface area contributed by atoms with Crippen LogP contribution in [0, 0.1) is 6.92 Å². The molecule has 0 radical (unpaired) electrons. The number of hydrogen-bond acceptors (Lipinski definition) is 7. The van der Waals surface area contributed by atoms with Crippen molar-refractivity contribution >= 4 is 28.5 Å². The molecule has 2 N–H and O–H groups in total. The van der Waals surface area contributed by atoms with Gasteiger partial charge >= 0.3 is 0 Å². The first-order chi connectivity index (χ1) is 17.1. The molecule has 1 atom stereocenters. The molecule has 0 bridgehead atoms. The topological polar surface area (TPSA) is 62.6 Å². The van der Waals surface area contributed by atoms with Gasteiger partial charge in [0.1, 0.15) is 18.1 Å². The van der Waals surface area contributed by atoms with Gasteiger partial charge in [0.25, 0.3) is 0 Å². The van der Waals surface area contributed by atoms with Gasteiger partial charge in [0.15, 0.2) is 0 Å². The Morgan fingerprint density at radius 1 is 1.09 bits per heavy atom. The number of hydrogen-bond donors (Lipinski definition) is 2. The van der Waals surface area contributed by atoms with E-state index in [1.165, 1.54) is 0 Å². The number of aromatic nitrogens is 1. The predicted octanol–water partition coefficient (Wildman–Crippen LogP) is 5.50. The molecule has 0 spiro atoms. The minimum Gasteiger partial charge on any atom is -0.492 e. The molecule has 1 unspecified atom stereocenters. The number of nitrogens with zero attached hydrogens (tertiary/aromatic N) is 2. The van der Waals surface area contributed by atoms with Crippen molar-refractivity contribution in [2.75, 3.05) is 50.7 Å². The number of pyridine rings is 1. The summed E-state index contributed by atoms with van der Waals surface area (Å²) >= 11 is 1.94. The Kier molecular flexibility index (Phi) is 9.06. The first-order valence-corrected chi connectivity index (χ1v) is 13.1. The predicted molar refractivity (Wildman–Crippen MR) is 147 cm³/mol. The van der Waals surface area contributed by atoms with E-state index < -0.39 is 0 Å². The molecule has 1 saturated heterocycles. The monoisotopic (exact) mass is 490 g/mol. The van der Waals surface area contributed by atoms with Crippen LogP contribution < -0.4 is 15.4 Å². The maximum absolute atomic E-state index is 6.13. The van der Waals surface area contributed by atoms with Crippen molar-refractivity contribution in [2.24, 2.45) is 0 Å². The molecule has 35 heavy (non-hydrogen) atoms. The molecule has 1 fully saturated rings. The average Bonchev–Trinajstić information content (AvgIpc) is 3.53. The average molecular weight is 491 g/mol. The second-order valence-electron chi connectivity index (χ2n) is 8.72. The number of likely N-dealkylation sites (N-methyl/N-ethyl adjacent to an activating group) is 1. The first-order valence-electron chi connectivity index (χ1n) is 11.9. The molecule has 2 aromatic carbocycles. The van der Waals surface area contributed by atoms with Crippen molar-refractivity contribution in [3.63, 3.8) is 0 Å². The number of benzene rings is 2. The molecular weight excluding hydrogens is 456 g/mol. The lowest BCUT2D eigenvalue weighted by molar-refractivity contribution is 0.261. The highest BCUT2D eigenvalue weighted by Gasteiger charge is 2.18. The molecule has 1 aliphatic rings. The maximum atomic E-state index is 6.13. The summed E-state index contributed by atoms with van der Waals surface area (Å²) in [4.78, 5) is 6.55. The van der Waals surface area contributed by atoms with Crippen LogP contribution in [0.5, 0.6) is 5.75 Å². The van der Waals surface area contributed by atoms with Crippen LogP contribution in [0.1, 0.15) is 5.56 Å². The number of anilines is 1. The fraction of sp³-hybridized carbons (Fsp3) is 0.321. The van der Waals surface area contributed by atoms with E-state index in [-0.39, 0.29) is 0 Å². The van der Waals surface area contributed by atoms with E-state index >= 15 is 0 Å². The van der Waals surface area contributed by atoms with E-state index in [4.69, 9.17) is 9.15 Å². The highest BCUT2D eigenvalue weighted by Crippen LogP contribution is 2.36. The first kappa shape index (κ1) is 25.1. The Bertz CT molecular complexity index is 1150. The third-order valence-corrected chi connectivity index (χ3v) is 6.76. The van der Waals surface area contributed by atoms with Crippen molar-refractivity contribution in [2.45, 2.75) is 13.0 Å². The second-order valence-corrected chi connectivity index (χ2v) is 9.75. The lowest BCUT2D eigenvalue weighted by atomic mass is 10.1. The van der Waals surface area contributed by atoms with Gasteiger partial charge in [0.05, 0.1) is 5.39 Å². The summed E-state index contributed by atoms with van der Waals surface area (Å²) in [6.45, 7) is 4.55. The lowest BCUT2D eigenvalue weighted by Crippen LogP contribution is -2.31. The van der Waals surface area contributed by atoms with Gasteiger partial charge in [0.2, 0.25) is 5.71 Å². The number of rotatable bonds is 8. The zero-order valence-corrected chi connectivity index (χ0v) is 21.5. The molecule has 3 heterocycles. The van der Waals surface area contributed by atoms with Crippen molar-refractivity contribution in [1.82, 2.24) is 15.2 Å². The summed E-state index contributed by atoms with van der Waals surface area (Å²) in [5.41, 5.74) is 3.87. The molecule has 5 rings (SSSR count). The molecular formula is C28H34N4O2S. The van der Waals surface area contributed by atoms with Crippen LogP contribution in [0.25, 0.3) is 22.4 Å². The molecule has 184 valence electrons. The molecule has 7 heteroatoms. The van der Waals surface area contributed by atoms with Crippen LogP contribution in [0.15, 0.2) is 77.3 Å². The largest absolute Gasteiger partial charge is 0.492 e. The van der Waals surface area contributed by atoms with Crippen molar-refractivity contribution in [1.29, 1.82) is 0 Å². The number of furan rings is 1. The highest BCUT2D eigenvalue weighted by atomic mass is 32.2. The summed E-state index contributed by atoms with van der Waals surface area (Å²) in [6, 6.07) is 22.6. The molecule has 0 aliphatic carbocycles. The van der Waals surface area contributed by atoms with Gasteiger partial charge in [-0.2, -0.15) is 0 Å². The van der Waals surface area contributed by atoms with Crippen molar-refractivity contribution in [3.8, 4) is 17.1 Å². The van der Waals surface area contributed by atoms with Gasteiger partial charge in [-0.25, -0.2) is 4.98 Å². The standard InChI is InChI=1S/C22H28N4O2S.C6H6/c1-15-20-19(24-12-17-13-29-14-25-17)8-9-23-22(20)28-21(15)16-4-6-18(7-5-16)27-11-10-26(2)3;1-2-4-6-5-3-1/h4-9,17,25H,10-14H2,1-3H3,(H,23,24);1-6H. The van der Waals surface area contributed by atoms with Crippen LogP contribution in [0.3, 0.4) is 0 Å². The van der Waals surface area contributed by atoms with Gasteiger partial charge < -0.3 is 24.7 Å². The van der Waals surface area contributed by atoms with E-state index in [0.717, 1.165) is 58.4 Å². The molecule has 6 nitrogen and oxygen atoms in total. The summed E-state index contributed by atoms with van der Waals surface area (Å²) in [5.74, 6) is 3.89. The number of aryl methyl sites for hydroxylation is 1. The van der Waals surface area contributed by atoms with Crippen LogP contribution in [-0.4, -0.2) is 61.3 Å². The fourth-order valence-corrected chi connectivity index (χ4v) is 4.82. The smallest absolute Gasteiger partial charge is 0.229 e. The van der Waals surface area contributed by atoms with Gasteiger partial charge in [-0.15, -0.1) is 11.8 Å². The highest BCUT2D eigenvalue weighted by molar-refractivity contribution is 7.99. The van der Waals surface area contributed by atoms with E-state index in [9.17, 15) is 0 Å². The Labute approximate surface area is 212 Å². The number of thioether (sulfide) groups is 1. The molecule has 1 aliphatic heterocycles. The van der Waals surface area contributed by atoms with Crippen molar-refractivity contribution in [3.05, 3.63) is 78.5 Å². The van der Waals surface area contributed by atoms with E-state index in [1.807, 2.05) is 92.6 Å². The van der Waals surface area contributed by atoms with Gasteiger partial charge in [-0.05, 0) is 51.4 Å². The Morgan fingerprint density at radius 3 is 2.43 bits per heavy atom. The van der Waals surface area contributed by atoms with E-state index in [1.54, 1.807) is 6.20 Å². The third kappa shape index (κ3) is 7.01. The normalized spacial score (nSPS) is 15.1. The van der Waals surface area contributed by atoms with Crippen LogP contribution in [0.2, 0.25) is 0 Å². The molecule has 4 aromatic rings. The van der Waals surface area contributed by atoms with Gasteiger partial charge in [-0.1, -0.05) is 36.4 Å². The minimum atomic E-state index is 0.495. The van der Waals surface area contributed by atoms with Crippen molar-refractivity contribution < 1.29 is 9.15 Å². The van der Waals surface area contributed by atoms with E-state index in [0.29, 0.717) is 18.4 Å². The number of fused-ring (bicyclic) bond motifs is 1. The fourth-order valence-electron chi connectivity index (χ4n) is 3.83. The molecule has 0 amide bonds. The quantitative estimate of drug-likeness (QED) is 0.338. The maximum Gasteiger partial charge on any atom is 0.229 e. The zero-order valence-electron chi connectivity index (χ0n) is 20.7. The Morgan fingerprint density at radius 2 is 1.80 bits per heavy atom. The molecule has 2 aromatic heterocycles. The lowest BCUT2D eigenvalue weighted by Gasteiger charge is -2.12. The van der Waals surface area contributed by atoms with E-state index in [2.05, 4.69) is 27.4 Å². The number of ether oxygens (including phenoxy) is 1. The summed E-state index contributed by atoms with van der Waals surface area (Å²) in [5, 5.41) is 8.13. The van der Waals surface area contributed by atoms with Gasteiger partial charge in [-0.3, -0.25) is 0 Å². The van der Waals surface area contributed by atoms with Crippen LogP contribution >= 0.6 is 11.8 Å². The summed E-state index contributed by atoms with van der Waals surface area (Å²) in [7, 11) is 4.08. The number of nitrogens with one attached hydrogen (secondary N) is 2. The minimum absolute atomic E-state index is 0.495. The SMILES string of the molecule is Cc1c(-c2ccc(OCCN(C)C)cc2)oc2nccc(NCC3CSCN3)c12.c1ccccc1. The zero-order chi connectivity index (χ0) is 24.5. The van der Waals surface area contributed by atoms with Gasteiger partial charge in [0, 0.05) is 53.8 Å². The Hall–Kier alpha value is -3.00.